The Morgan fingerprint density at radius 2 is 0.630 bits per heavy atom. The van der Waals surface area contributed by atoms with Gasteiger partial charge in [-0.15, -0.1) is 0 Å². The lowest BCUT2D eigenvalue weighted by Crippen LogP contribution is -1.94. The molecule has 0 nitrogen and oxygen atoms in total. The molecule has 0 spiro atoms. The van der Waals surface area contributed by atoms with E-state index < -0.39 is 0 Å². The molecule has 0 unspecified atom stereocenters. The zero-order valence-corrected chi connectivity index (χ0v) is 29.6. The van der Waals surface area contributed by atoms with Crippen molar-refractivity contribution in [2.75, 3.05) is 0 Å². The zero-order chi connectivity index (χ0) is 35.6. The van der Waals surface area contributed by atoms with Crippen molar-refractivity contribution < 1.29 is 0 Å². The van der Waals surface area contributed by atoms with E-state index in [1.165, 1.54) is 109 Å². The molecule has 0 saturated carbocycles. The Hall–Kier alpha value is -7.02. The van der Waals surface area contributed by atoms with Crippen molar-refractivity contribution in [2.45, 2.75) is 0 Å². The lowest BCUT2D eigenvalue weighted by atomic mass is 9.81. The molecule has 0 heterocycles. The fourth-order valence-electron chi connectivity index (χ4n) is 9.06. The van der Waals surface area contributed by atoms with Crippen LogP contribution in [0.2, 0.25) is 0 Å². The highest BCUT2D eigenvalue weighted by atomic mass is 14.2. The van der Waals surface area contributed by atoms with Crippen LogP contribution >= 0.6 is 0 Å². The van der Waals surface area contributed by atoms with Crippen molar-refractivity contribution in [3.63, 3.8) is 0 Å². The van der Waals surface area contributed by atoms with Crippen LogP contribution in [0, 0.1) is 0 Å². The molecule has 0 aliphatic carbocycles. The fraction of sp³-hybridized carbons (Fsp3) is 0. The largest absolute Gasteiger partial charge is 0.0616 e. The van der Waals surface area contributed by atoms with Gasteiger partial charge in [0.15, 0.2) is 0 Å². The SMILES string of the molecule is c1ccc(-c2c3ccccc3c(-c3cc4ccccc4c4ccccc34)c3ccc(-c4cccc5ccccc45)cc23)c(-c2cccc3ccccc23)c1. The highest BCUT2D eigenvalue weighted by Gasteiger charge is 2.22. The molecule has 250 valence electrons. The van der Waals surface area contributed by atoms with E-state index in [0.717, 1.165) is 0 Å². The first-order valence-electron chi connectivity index (χ1n) is 18.8. The van der Waals surface area contributed by atoms with E-state index >= 15 is 0 Å². The molecule has 54 heavy (non-hydrogen) atoms. The molecule has 0 saturated heterocycles. The monoisotopic (exact) mass is 682 g/mol. The lowest BCUT2D eigenvalue weighted by Gasteiger charge is -2.22. The van der Waals surface area contributed by atoms with Gasteiger partial charge < -0.3 is 0 Å². The standard InChI is InChI=1S/C54H34/c1-4-20-39-35(15-1)18-13-29-41(39)38-31-32-50-52(34-38)53(47-26-10-9-24-45(47)44-30-14-19-36-16-2-5-21-40(36)44)48-27-11-12-28-49(48)54(50)51-33-37-17-3-6-22-42(37)43-23-7-8-25-46(43)51/h1-34H. The van der Waals surface area contributed by atoms with Crippen LogP contribution in [0.4, 0.5) is 0 Å². The Morgan fingerprint density at radius 1 is 0.185 bits per heavy atom. The van der Waals surface area contributed by atoms with Crippen LogP contribution < -0.4 is 0 Å². The summed E-state index contributed by atoms with van der Waals surface area (Å²) in [4.78, 5) is 0. The topological polar surface area (TPSA) is 0 Å². The molecule has 0 heteroatoms. The van der Waals surface area contributed by atoms with Gasteiger partial charge in [-0.25, -0.2) is 0 Å². The van der Waals surface area contributed by atoms with Crippen molar-refractivity contribution >= 4 is 64.6 Å². The quantitative estimate of drug-likeness (QED) is 0.128. The van der Waals surface area contributed by atoms with Crippen LogP contribution in [0.25, 0.3) is 109 Å². The molecule has 0 radical (unpaired) electrons. The van der Waals surface area contributed by atoms with Gasteiger partial charge in [0.25, 0.3) is 0 Å². The van der Waals surface area contributed by atoms with Crippen molar-refractivity contribution in [3.05, 3.63) is 206 Å². The molecule has 0 aliphatic rings. The fourth-order valence-corrected chi connectivity index (χ4v) is 9.06. The molecule has 0 fully saturated rings. The summed E-state index contributed by atoms with van der Waals surface area (Å²) in [6.07, 6.45) is 0. The maximum Gasteiger partial charge on any atom is -0.00199 e. The van der Waals surface area contributed by atoms with Crippen LogP contribution in [-0.2, 0) is 0 Å². The zero-order valence-electron chi connectivity index (χ0n) is 29.6. The molecule has 0 aromatic heterocycles. The third-order valence-corrected chi connectivity index (χ3v) is 11.4. The predicted octanol–water partition coefficient (Wildman–Crippen LogP) is 15.3. The van der Waals surface area contributed by atoms with Crippen LogP contribution in [-0.4, -0.2) is 0 Å². The number of hydrogen-bond donors (Lipinski definition) is 0. The van der Waals surface area contributed by atoms with E-state index in [1.807, 2.05) is 0 Å². The molecule has 0 atom stereocenters. The Labute approximate surface area is 314 Å². The normalized spacial score (nSPS) is 11.7. The van der Waals surface area contributed by atoms with Crippen molar-refractivity contribution in [1.82, 2.24) is 0 Å². The van der Waals surface area contributed by atoms with Gasteiger partial charge in [0.1, 0.15) is 0 Å². The maximum atomic E-state index is 2.46. The van der Waals surface area contributed by atoms with Gasteiger partial charge in [-0.05, 0) is 121 Å². The highest BCUT2D eigenvalue weighted by molar-refractivity contribution is 6.27. The minimum Gasteiger partial charge on any atom is -0.0616 e. The third kappa shape index (κ3) is 4.71. The predicted molar refractivity (Wildman–Crippen MR) is 233 cm³/mol. The Balaban J connectivity index is 1.31. The van der Waals surface area contributed by atoms with Gasteiger partial charge in [0.05, 0.1) is 0 Å². The summed E-state index contributed by atoms with van der Waals surface area (Å²) < 4.78 is 0. The second kappa shape index (κ2) is 12.3. The van der Waals surface area contributed by atoms with Crippen LogP contribution in [0.1, 0.15) is 0 Å². The summed E-state index contributed by atoms with van der Waals surface area (Å²) in [6, 6.07) is 76.2. The third-order valence-electron chi connectivity index (χ3n) is 11.4. The van der Waals surface area contributed by atoms with Crippen molar-refractivity contribution in [1.29, 1.82) is 0 Å². The van der Waals surface area contributed by atoms with E-state index in [0.29, 0.717) is 0 Å². The first-order chi connectivity index (χ1) is 26.8. The second-order valence-electron chi connectivity index (χ2n) is 14.3. The first-order valence-corrected chi connectivity index (χ1v) is 18.8. The van der Waals surface area contributed by atoms with Crippen LogP contribution in [0.15, 0.2) is 206 Å². The average Bonchev–Trinajstić information content (AvgIpc) is 3.25. The Morgan fingerprint density at radius 3 is 1.33 bits per heavy atom. The molecule has 0 amide bonds. The van der Waals surface area contributed by atoms with Crippen LogP contribution in [0.3, 0.4) is 0 Å². The molecule has 11 aromatic carbocycles. The summed E-state index contributed by atoms with van der Waals surface area (Å²) in [6.45, 7) is 0. The van der Waals surface area contributed by atoms with E-state index in [2.05, 4.69) is 206 Å². The molecular weight excluding hydrogens is 649 g/mol. The average molecular weight is 683 g/mol. The van der Waals surface area contributed by atoms with E-state index in [1.54, 1.807) is 0 Å². The minimum atomic E-state index is 1.22. The summed E-state index contributed by atoms with van der Waals surface area (Å²) >= 11 is 0. The van der Waals surface area contributed by atoms with E-state index in [9.17, 15) is 0 Å². The van der Waals surface area contributed by atoms with Gasteiger partial charge in [0, 0.05) is 0 Å². The number of benzene rings is 11. The van der Waals surface area contributed by atoms with E-state index in [4.69, 9.17) is 0 Å². The Kier molecular flexibility index (Phi) is 6.97. The summed E-state index contributed by atoms with van der Waals surface area (Å²) in [7, 11) is 0. The first kappa shape index (κ1) is 30.6. The number of fused-ring (bicyclic) bond motifs is 7. The highest BCUT2D eigenvalue weighted by Crippen LogP contribution is 2.49. The molecule has 0 aliphatic heterocycles. The maximum absolute atomic E-state index is 2.46. The van der Waals surface area contributed by atoms with Gasteiger partial charge >= 0.3 is 0 Å². The minimum absolute atomic E-state index is 1.22. The van der Waals surface area contributed by atoms with Crippen molar-refractivity contribution in [2.24, 2.45) is 0 Å². The van der Waals surface area contributed by atoms with Gasteiger partial charge in [-0.2, -0.15) is 0 Å². The molecule has 0 bridgehead atoms. The van der Waals surface area contributed by atoms with Gasteiger partial charge in [-0.3, -0.25) is 0 Å². The smallest absolute Gasteiger partial charge is 0.00199 e. The second-order valence-corrected chi connectivity index (χ2v) is 14.3. The number of hydrogen-bond acceptors (Lipinski definition) is 0. The van der Waals surface area contributed by atoms with E-state index in [-0.39, 0.29) is 0 Å². The molecular formula is C54H34. The van der Waals surface area contributed by atoms with Gasteiger partial charge in [-0.1, -0.05) is 194 Å². The van der Waals surface area contributed by atoms with Crippen LogP contribution in [0.5, 0.6) is 0 Å². The molecule has 11 rings (SSSR count). The Bertz CT molecular complexity index is 3260. The molecule has 11 aromatic rings. The van der Waals surface area contributed by atoms with Crippen molar-refractivity contribution in [3.8, 4) is 44.5 Å². The van der Waals surface area contributed by atoms with Gasteiger partial charge in [0.2, 0.25) is 0 Å². The number of rotatable bonds is 4. The summed E-state index contributed by atoms with van der Waals surface area (Å²) in [5, 5.41) is 15.1. The summed E-state index contributed by atoms with van der Waals surface area (Å²) in [5.41, 5.74) is 9.98. The lowest BCUT2D eigenvalue weighted by molar-refractivity contribution is 1.63. The summed E-state index contributed by atoms with van der Waals surface area (Å²) in [5.74, 6) is 0. The molecule has 0 N–H and O–H groups in total.